The van der Waals surface area contributed by atoms with E-state index in [1.165, 1.54) is 0 Å². The van der Waals surface area contributed by atoms with E-state index >= 15 is 0 Å². The zero-order valence-electron chi connectivity index (χ0n) is 18.9. The summed E-state index contributed by atoms with van der Waals surface area (Å²) in [6.07, 6.45) is 3.19. The predicted molar refractivity (Wildman–Crippen MR) is 127 cm³/mol. The zero-order chi connectivity index (χ0) is 22.8. The van der Waals surface area contributed by atoms with E-state index in [2.05, 4.69) is 17.3 Å². The highest BCUT2D eigenvalue weighted by Gasteiger charge is 2.18. The van der Waals surface area contributed by atoms with Gasteiger partial charge in [0.05, 0.1) is 12.1 Å². The number of nitrogens with zero attached hydrogens (tertiary/aromatic N) is 1. The van der Waals surface area contributed by atoms with Crippen LogP contribution in [0.1, 0.15) is 30.4 Å². The molecule has 1 heterocycles. The summed E-state index contributed by atoms with van der Waals surface area (Å²) < 4.78 is 16.5. The molecule has 1 aliphatic heterocycles. The predicted octanol–water partition coefficient (Wildman–Crippen LogP) is 4.09. The molecule has 6 nitrogen and oxygen atoms in total. The number of likely N-dealkylation sites (N-methyl/N-ethyl adjacent to an activating group) is 1. The first-order valence-electron chi connectivity index (χ1n) is 11.1. The molecule has 7 heteroatoms. The molecule has 174 valence electrons. The second kappa shape index (κ2) is 12.7. The summed E-state index contributed by atoms with van der Waals surface area (Å²) in [6, 6.07) is 14.0. The number of halogens is 1. The molecule has 0 unspecified atom stereocenters. The fourth-order valence-corrected chi connectivity index (χ4v) is 4.05. The lowest BCUT2D eigenvalue weighted by atomic mass is 10.1. The number of hydrogen-bond donors (Lipinski definition) is 1. The molecule has 1 N–H and O–H groups in total. The van der Waals surface area contributed by atoms with E-state index in [1.807, 2.05) is 42.5 Å². The Morgan fingerprint density at radius 3 is 2.75 bits per heavy atom. The van der Waals surface area contributed by atoms with Crippen molar-refractivity contribution in [2.24, 2.45) is 0 Å². The third-order valence-corrected chi connectivity index (χ3v) is 6.07. The SMILES string of the molecule is COc1ccc(CCC(=O)NCc2cccc(OCCN(C)C3CCOCC3)c2)cc1Cl. The van der Waals surface area contributed by atoms with Crippen LogP contribution in [0.25, 0.3) is 0 Å². The Kier molecular flexibility index (Phi) is 9.65. The summed E-state index contributed by atoms with van der Waals surface area (Å²) in [4.78, 5) is 14.6. The van der Waals surface area contributed by atoms with Crippen molar-refractivity contribution < 1.29 is 19.0 Å². The van der Waals surface area contributed by atoms with Crippen molar-refractivity contribution in [1.82, 2.24) is 10.2 Å². The Morgan fingerprint density at radius 2 is 2.00 bits per heavy atom. The molecule has 0 bridgehead atoms. The Labute approximate surface area is 195 Å². The van der Waals surface area contributed by atoms with Crippen LogP contribution < -0.4 is 14.8 Å². The summed E-state index contributed by atoms with van der Waals surface area (Å²) in [6.45, 7) is 3.67. The minimum atomic E-state index is 0.00125. The Hall–Kier alpha value is -2.28. The third-order valence-electron chi connectivity index (χ3n) is 5.77. The van der Waals surface area contributed by atoms with Gasteiger partial charge >= 0.3 is 0 Å². The molecule has 0 atom stereocenters. The maximum Gasteiger partial charge on any atom is 0.220 e. The molecule has 0 spiro atoms. The number of ether oxygens (including phenoxy) is 3. The average Bonchev–Trinajstić information content (AvgIpc) is 2.82. The maximum absolute atomic E-state index is 12.3. The number of carbonyl (C=O) groups is 1. The Morgan fingerprint density at radius 1 is 1.19 bits per heavy atom. The van der Waals surface area contributed by atoms with Crippen LogP contribution in [0.4, 0.5) is 0 Å². The first kappa shape index (κ1) is 24.4. The third kappa shape index (κ3) is 7.69. The number of aryl methyl sites for hydroxylation is 1. The molecule has 0 aliphatic carbocycles. The van der Waals surface area contributed by atoms with Gasteiger partial charge in [-0.2, -0.15) is 0 Å². The summed E-state index contributed by atoms with van der Waals surface area (Å²) in [5.74, 6) is 1.46. The van der Waals surface area contributed by atoms with Crippen LogP contribution in [0.3, 0.4) is 0 Å². The molecule has 1 saturated heterocycles. The summed E-state index contributed by atoms with van der Waals surface area (Å²) in [7, 11) is 3.73. The minimum absolute atomic E-state index is 0.00125. The van der Waals surface area contributed by atoms with Crippen molar-refractivity contribution in [3.63, 3.8) is 0 Å². The van der Waals surface area contributed by atoms with Gasteiger partial charge in [0.25, 0.3) is 0 Å². The van der Waals surface area contributed by atoms with Crippen LogP contribution >= 0.6 is 11.6 Å². The molecule has 0 radical (unpaired) electrons. The first-order chi connectivity index (χ1) is 15.5. The van der Waals surface area contributed by atoms with Crippen molar-refractivity contribution in [2.45, 2.75) is 38.3 Å². The van der Waals surface area contributed by atoms with Gasteiger partial charge < -0.3 is 19.5 Å². The van der Waals surface area contributed by atoms with Crippen molar-refractivity contribution in [1.29, 1.82) is 0 Å². The number of carbonyl (C=O) groups excluding carboxylic acids is 1. The van der Waals surface area contributed by atoms with E-state index in [0.29, 0.717) is 42.8 Å². The first-order valence-corrected chi connectivity index (χ1v) is 11.5. The standard InChI is InChI=1S/C25H33ClN2O4/c1-28(21-10-13-31-14-11-21)12-15-32-22-5-3-4-20(16-22)18-27-25(29)9-7-19-6-8-24(30-2)23(26)17-19/h3-6,8,16-17,21H,7,9-15,18H2,1-2H3,(H,27,29). The molecule has 2 aromatic rings. The second-order valence-electron chi connectivity index (χ2n) is 8.07. The number of methoxy groups -OCH3 is 1. The van der Waals surface area contributed by atoms with Gasteiger partial charge in [0, 0.05) is 38.8 Å². The zero-order valence-corrected chi connectivity index (χ0v) is 19.7. The van der Waals surface area contributed by atoms with Crippen LogP contribution in [0.5, 0.6) is 11.5 Å². The Balaban J connectivity index is 1.38. The summed E-state index contributed by atoms with van der Waals surface area (Å²) >= 11 is 6.15. The maximum atomic E-state index is 12.3. The number of benzene rings is 2. The van der Waals surface area contributed by atoms with Gasteiger partial charge in [0.15, 0.2) is 0 Å². The lowest BCUT2D eigenvalue weighted by Crippen LogP contribution is -2.38. The highest BCUT2D eigenvalue weighted by molar-refractivity contribution is 6.32. The van der Waals surface area contributed by atoms with Crippen molar-refractivity contribution in [2.75, 3.05) is 40.5 Å². The van der Waals surface area contributed by atoms with Crippen LogP contribution in [-0.2, 0) is 22.5 Å². The van der Waals surface area contributed by atoms with E-state index in [0.717, 1.165) is 49.5 Å². The normalized spacial score (nSPS) is 14.4. The number of nitrogens with one attached hydrogen (secondary N) is 1. The molecule has 32 heavy (non-hydrogen) atoms. The lowest BCUT2D eigenvalue weighted by Gasteiger charge is -2.31. The molecule has 2 aromatic carbocycles. The lowest BCUT2D eigenvalue weighted by molar-refractivity contribution is -0.121. The second-order valence-corrected chi connectivity index (χ2v) is 8.47. The fourth-order valence-electron chi connectivity index (χ4n) is 3.77. The highest BCUT2D eigenvalue weighted by Crippen LogP contribution is 2.25. The fraction of sp³-hybridized carbons (Fsp3) is 0.480. The summed E-state index contributed by atoms with van der Waals surface area (Å²) in [5.41, 5.74) is 2.02. The summed E-state index contributed by atoms with van der Waals surface area (Å²) in [5, 5.41) is 3.54. The van der Waals surface area contributed by atoms with Gasteiger partial charge in [-0.15, -0.1) is 0 Å². The Bertz CT molecular complexity index is 871. The molecular weight excluding hydrogens is 428 g/mol. The molecule has 3 rings (SSSR count). The van der Waals surface area contributed by atoms with Crippen LogP contribution in [0.2, 0.25) is 5.02 Å². The van der Waals surface area contributed by atoms with E-state index in [1.54, 1.807) is 7.11 Å². The van der Waals surface area contributed by atoms with E-state index in [4.69, 9.17) is 25.8 Å². The van der Waals surface area contributed by atoms with Crippen LogP contribution in [-0.4, -0.2) is 57.4 Å². The topological polar surface area (TPSA) is 60.0 Å². The van der Waals surface area contributed by atoms with Gasteiger partial charge in [-0.3, -0.25) is 9.69 Å². The highest BCUT2D eigenvalue weighted by atomic mass is 35.5. The van der Waals surface area contributed by atoms with Crippen molar-refractivity contribution in [3.8, 4) is 11.5 Å². The van der Waals surface area contributed by atoms with E-state index < -0.39 is 0 Å². The largest absolute Gasteiger partial charge is 0.495 e. The van der Waals surface area contributed by atoms with Gasteiger partial charge in [-0.25, -0.2) is 0 Å². The molecule has 1 fully saturated rings. The van der Waals surface area contributed by atoms with Gasteiger partial charge in [0.1, 0.15) is 18.1 Å². The minimum Gasteiger partial charge on any atom is -0.495 e. The van der Waals surface area contributed by atoms with Crippen molar-refractivity contribution >= 4 is 17.5 Å². The van der Waals surface area contributed by atoms with Gasteiger partial charge in [-0.1, -0.05) is 29.8 Å². The molecule has 0 saturated carbocycles. The molecular formula is C25H33ClN2O4. The molecule has 1 amide bonds. The van der Waals surface area contributed by atoms with Gasteiger partial charge in [-0.05, 0) is 61.7 Å². The van der Waals surface area contributed by atoms with Crippen LogP contribution in [0.15, 0.2) is 42.5 Å². The smallest absolute Gasteiger partial charge is 0.220 e. The van der Waals surface area contributed by atoms with E-state index in [-0.39, 0.29) is 5.91 Å². The van der Waals surface area contributed by atoms with Crippen molar-refractivity contribution in [3.05, 3.63) is 58.6 Å². The average molecular weight is 461 g/mol. The van der Waals surface area contributed by atoms with Crippen LogP contribution in [0, 0.1) is 0 Å². The number of hydrogen-bond acceptors (Lipinski definition) is 5. The van der Waals surface area contributed by atoms with E-state index in [9.17, 15) is 4.79 Å². The monoisotopic (exact) mass is 460 g/mol. The number of rotatable bonds is 11. The molecule has 1 aliphatic rings. The quantitative estimate of drug-likeness (QED) is 0.547. The molecule has 0 aromatic heterocycles. The van der Waals surface area contributed by atoms with Gasteiger partial charge in [0.2, 0.25) is 5.91 Å². The number of amides is 1.